The molecule has 0 unspecified atom stereocenters. The van der Waals surface area contributed by atoms with E-state index in [0.29, 0.717) is 16.9 Å². The lowest BCUT2D eigenvalue weighted by molar-refractivity contribution is -0.384. The lowest BCUT2D eigenvalue weighted by atomic mass is 10.1. The maximum absolute atomic E-state index is 12.6. The van der Waals surface area contributed by atoms with Crippen molar-refractivity contribution in [3.05, 3.63) is 94.0 Å². The van der Waals surface area contributed by atoms with Crippen molar-refractivity contribution in [3.8, 4) is 0 Å². The highest BCUT2D eigenvalue weighted by Gasteiger charge is 2.17. The molecule has 0 aliphatic rings. The van der Waals surface area contributed by atoms with E-state index in [-0.39, 0.29) is 23.8 Å². The summed E-state index contributed by atoms with van der Waals surface area (Å²) in [5.41, 5.74) is 2.16. The van der Waals surface area contributed by atoms with Crippen molar-refractivity contribution in [1.29, 1.82) is 0 Å². The van der Waals surface area contributed by atoms with E-state index in [0.717, 1.165) is 5.56 Å². The Morgan fingerprint density at radius 2 is 1.60 bits per heavy atom. The monoisotopic (exact) mass is 404 g/mol. The minimum Gasteiger partial charge on any atom is -0.376 e. The summed E-state index contributed by atoms with van der Waals surface area (Å²) < 4.78 is 0. The average Bonchev–Trinajstić information content (AvgIpc) is 2.74. The smallest absolute Gasteiger partial charge is 0.293 e. The SMILES string of the molecule is Cc1ccc(NC(=O)CNc2ccccc2C(=O)Nc2ccccc2)c([N+](=O)[O-])c1. The Balaban J connectivity index is 1.67. The van der Waals surface area contributed by atoms with Crippen LogP contribution in [0.5, 0.6) is 0 Å². The van der Waals surface area contributed by atoms with E-state index in [2.05, 4.69) is 16.0 Å². The molecule has 8 heteroatoms. The van der Waals surface area contributed by atoms with E-state index < -0.39 is 10.8 Å². The molecule has 152 valence electrons. The third-order valence-corrected chi connectivity index (χ3v) is 4.27. The number of nitro groups is 1. The largest absolute Gasteiger partial charge is 0.376 e. The van der Waals surface area contributed by atoms with Crippen molar-refractivity contribution < 1.29 is 14.5 Å². The maximum atomic E-state index is 12.6. The molecule has 0 spiro atoms. The number of aryl methyl sites for hydroxylation is 1. The molecular weight excluding hydrogens is 384 g/mol. The van der Waals surface area contributed by atoms with Gasteiger partial charge in [-0.05, 0) is 42.8 Å². The van der Waals surface area contributed by atoms with Crippen molar-refractivity contribution in [2.24, 2.45) is 0 Å². The molecule has 0 aromatic heterocycles. The number of anilines is 3. The quantitative estimate of drug-likeness (QED) is 0.403. The van der Waals surface area contributed by atoms with E-state index in [1.807, 2.05) is 18.2 Å². The summed E-state index contributed by atoms with van der Waals surface area (Å²) in [6, 6.07) is 20.4. The van der Waals surface area contributed by atoms with Gasteiger partial charge in [-0.1, -0.05) is 36.4 Å². The summed E-state index contributed by atoms with van der Waals surface area (Å²) >= 11 is 0. The zero-order valence-electron chi connectivity index (χ0n) is 16.2. The van der Waals surface area contributed by atoms with Crippen molar-refractivity contribution in [1.82, 2.24) is 0 Å². The fraction of sp³-hybridized carbons (Fsp3) is 0.0909. The van der Waals surface area contributed by atoms with Crippen LogP contribution in [0.1, 0.15) is 15.9 Å². The minimum atomic E-state index is -0.542. The van der Waals surface area contributed by atoms with Crippen LogP contribution in [-0.2, 0) is 4.79 Å². The number of para-hydroxylation sites is 2. The van der Waals surface area contributed by atoms with E-state index in [1.54, 1.807) is 49.4 Å². The van der Waals surface area contributed by atoms with Crippen molar-refractivity contribution in [2.75, 3.05) is 22.5 Å². The summed E-state index contributed by atoms with van der Waals surface area (Å²) in [6.45, 7) is 1.57. The third kappa shape index (κ3) is 5.20. The first-order valence-corrected chi connectivity index (χ1v) is 9.18. The van der Waals surface area contributed by atoms with Gasteiger partial charge in [-0.25, -0.2) is 0 Å². The molecule has 2 amide bonds. The molecule has 0 aliphatic carbocycles. The predicted molar refractivity (Wildman–Crippen MR) is 116 cm³/mol. The normalized spacial score (nSPS) is 10.2. The second kappa shape index (κ2) is 9.33. The van der Waals surface area contributed by atoms with Crippen LogP contribution < -0.4 is 16.0 Å². The second-order valence-corrected chi connectivity index (χ2v) is 6.55. The Hall–Kier alpha value is -4.20. The van der Waals surface area contributed by atoms with Gasteiger partial charge in [0.05, 0.1) is 17.0 Å². The number of hydrogen-bond donors (Lipinski definition) is 3. The van der Waals surface area contributed by atoms with Gasteiger partial charge in [-0.3, -0.25) is 19.7 Å². The fourth-order valence-electron chi connectivity index (χ4n) is 2.82. The van der Waals surface area contributed by atoms with Gasteiger partial charge >= 0.3 is 0 Å². The number of benzene rings is 3. The first-order chi connectivity index (χ1) is 14.4. The number of hydrogen-bond acceptors (Lipinski definition) is 5. The van der Waals surface area contributed by atoms with Crippen molar-refractivity contribution in [2.45, 2.75) is 6.92 Å². The Morgan fingerprint density at radius 1 is 0.900 bits per heavy atom. The zero-order chi connectivity index (χ0) is 21.5. The maximum Gasteiger partial charge on any atom is 0.293 e. The first kappa shape index (κ1) is 20.5. The number of nitro benzene ring substituents is 1. The first-order valence-electron chi connectivity index (χ1n) is 9.18. The number of carbonyl (C=O) groups excluding carboxylic acids is 2. The summed E-state index contributed by atoms with van der Waals surface area (Å²) in [4.78, 5) is 35.6. The predicted octanol–water partition coefficient (Wildman–Crippen LogP) is 4.21. The van der Waals surface area contributed by atoms with Crippen LogP contribution in [0, 0.1) is 17.0 Å². The summed E-state index contributed by atoms with van der Waals surface area (Å²) in [6.07, 6.45) is 0. The highest BCUT2D eigenvalue weighted by atomic mass is 16.6. The summed E-state index contributed by atoms with van der Waals surface area (Å²) in [5.74, 6) is -0.792. The zero-order valence-corrected chi connectivity index (χ0v) is 16.2. The van der Waals surface area contributed by atoms with Crippen LogP contribution in [0.25, 0.3) is 0 Å². The second-order valence-electron chi connectivity index (χ2n) is 6.55. The molecule has 0 fully saturated rings. The molecule has 0 saturated heterocycles. The number of amides is 2. The molecular formula is C22H20N4O4. The van der Waals surface area contributed by atoms with Crippen molar-refractivity contribution in [3.63, 3.8) is 0 Å². The Morgan fingerprint density at radius 3 is 2.33 bits per heavy atom. The van der Waals surface area contributed by atoms with Crippen LogP contribution in [0.2, 0.25) is 0 Å². The molecule has 0 aliphatic heterocycles. The molecule has 3 aromatic rings. The standard InChI is InChI=1S/C22H20N4O4/c1-15-11-12-19(20(13-15)26(29)30)25-21(27)14-23-18-10-6-5-9-17(18)22(28)24-16-7-3-2-4-8-16/h2-13,23H,14H2,1H3,(H,24,28)(H,25,27). The fourth-order valence-corrected chi connectivity index (χ4v) is 2.82. The molecule has 3 rings (SSSR count). The summed E-state index contributed by atoms with van der Waals surface area (Å²) in [7, 11) is 0. The number of nitrogens with zero attached hydrogens (tertiary/aromatic N) is 1. The number of nitrogens with one attached hydrogen (secondary N) is 3. The molecule has 3 N–H and O–H groups in total. The summed E-state index contributed by atoms with van der Waals surface area (Å²) in [5, 5.41) is 19.4. The average molecular weight is 404 g/mol. The van der Waals surface area contributed by atoms with Crippen LogP contribution >= 0.6 is 0 Å². The molecule has 30 heavy (non-hydrogen) atoms. The van der Waals surface area contributed by atoms with Gasteiger partial charge < -0.3 is 16.0 Å². The van der Waals surface area contributed by atoms with Crippen LogP contribution in [0.15, 0.2) is 72.8 Å². The van der Waals surface area contributed by atoms with Gasteiger partial charge in [0.25, 0.3) is 11.6 Å². The van der Waals surface area contributed by atoms with Gasteiger partial charge in [-0.15, -0.1) is 0 Å². The van der Waals surface area contributed by atoms with Crippen LogP contribution in [0.3, 0.4) is 0 Å². The molecule has 0 bridgehead atoms. The Kier molecular flexibility index (Phi) is 6.39. The van der Waals surface area contributed by atoms with Gasteiger partial charge in [0.15, 0.2) is 0 Å². The lowest BCUT2D eigenvalue weighted by Gasteiger charge is -2.12. The number of rotatable bonds is 7. The minimum absolute atomic E-state index is 0.118. The number of carbonyl (C=O) groups is 2. The van der Waals surface area contributed by atoms with E-state index in [4.69, 9.17) is 0 Å². The Bertz CT molecular complexity index is 1080. The molecule has 0 radical (unpaired) electrons. The third-order valence-electron chi connectivity index (χ3n) is 4.27. The molecule has 8 nitrogen and oxygen atoms in total. The molecule has 0 saturated carbocycles. The molecule has 3 aromatic carbocycles. The van der Waals surface area contributed by atoms with Gasteiger partial charge in [0.2, 0.25) is 5.91 Å². The van der Waals surface area contributed by atoms with Crippen LogP contribution in [0.4, 0.5) is 22.7 Å². The van der Waals surface area contributed by atoms with E-state index in [1.165, 1.54) is 12.1 Å². The van der Waals surface area contributed by atoms with E-state index >= 15 is 0 Å². The highest BCUT2D eigenvalue weighted by Crippen LogP contribution is 2.25. The van der Waals surface area contributed by atoms with Gasteiger partial charge in [0.1, 0.15) is 5.69 Å². The van der Waals surface area contributed by atoms with Gasteiger partial charge in [-0.2, -0.15) is 0 Å². The Labute approximate surface area is 173 Å². The van der Waals surface area contributed by atoms with E-state index in [9.17, 15) is 19.7 Å². The van der Waals surface area contributed by atoms with Crippen LogP contribution in [-0.4, -0.2) is 23.3 Å². The van der Waals surface area contributed by atoms with Gasteiger partial charge in [0, 0.05) is 17.4 Å². The topological polar surface area (TPSA) is 113 Å². The van der Waals surface area contributed by atoms with Crippen molar-refractivity contribution >= 4 is 34.6 Å². The lowest BCUT2D eigenvalue weighted by Crippen LogP contribution is -2.23. The molecule has 0 heterocycles. The molecule has 0 atom stereocenters. The highest BCUT2D eigenvalue weighted by molar-refractivity contribution is 6.08.